The number of carbonyl (C=O) groups excluding carboxylic acids is 1. The normalized spacial score (nSPS) is 11.9. The summed E-state index contributed by atoms with van der Waals surface area (Å²) in [6.07, 6.45) is 0. The first-order chi connectivity index (χ1) is 7.64. The van der Waals surface area contributed by atoms with Crippen molar-refractivity contribution >= 4 is 40.6 Å². The highest BCUT2D eigenvalue weighted by molar-refractivity contribution is 6.77. The highest BCUT2D eigenvalue weighted by Gasteiger charge is 2.33. The van der Waals surface area contributed by atoms with Crippen LogP contribution in [0.5, 0.6) is 5.75 Å². The molecular formula is C12H13Cl3O2. The van der Waals surface area contributed by atoms with Gasteiger partial charge in [0, 0.05) is 5.56 Å². The van der Waals surface area contributed by atoms with Crippen LogP contribution in [0.15, 0.2) is 12.1 Å². The van der Waals surface area contributed by atoms with Crippen LogP contribution in [0.2, 0.25) is 0 Å². The molecule has 1 aromatic carbocycles. The molecule has 0 saturated heterocycles. The predicted molar refractivity (Wildman–Crippen MR) is 71.6 cm³/mol. The van der Waals surface area contributed by atoms with Gasteiger partial charge in [0.1, 0.15) is 5.75 Å². The third-order valence-corrected chi connectivity index (χ3v) is 3.01. The van der Waals surface area contributed by atoms with Crippen LogP contribution in [0, 0.1) is 6.92 Å². The summed E-state index contributed by atoms with van der Waals surface area (Å²) in [5.41, 5.74) is 1.57. The average molecular weight is 296 g/mol. The van der Waals surface area contributed by atoms with Crippen LogP contribution in [0.1, 0.15) is 41.3 Å². The van der Waals surface area contributed by atoms with E-state index >= 15 is 0 Å². The Labute approximate surface area is 115 Å². The number of benzene rings is 1. The summed E-state index contributed by atoms with van der Waals surface area (Å²) in [6, 6.07) is 3.10. The second-order valence-corrected chi connectivity index (χ2v) is 6.49. The van der Waals surface area contributed by atoms with Gasteiger partial charge >= 0.3 is 0 Å². The maximum absolute atomic E-state index is 11.9. The van der Waals surface area contributed by atoms with Crippen molar-refractivity contribution in [2.75, 3.05) is 0 Å². The van der Waals surface area contributed by atoms with Gasteiger partial charge in [-0.05, 0) is 36.1 Å². The third-order valence-electron chi connectivity index (χ3n) is 2.50. The SMILES string of the molecule is Cc1cc(O)c(C(C)C)cc1C(=O)C(Cl)(Cl)Cl. The largest absolute Gasteiger partial charge is 0.508 e. The number of carbonyl (C=O) groups is 1. The fourth-order valence-electron chi connectivity index (χ4n) is 1.57. The standard InChI is InChI=1S/C12H13Cl3O2/c1-6(2)8-5-9(7(3)4-10(8)16)11(17)12(13,14)15/h4-6,16H,1-3H3. The lowest BCUT2D eigenvalue weighted by Crippen LogP contribution is -2.20. The number of phenols is 1. The summed E-state index contributed by atoms with van der Waals surface area (Å²) in [7, 11) is 0. The van der Waals surface area contributed by atoms with E-state index in [2.05, 4.69) is 0 Å². The zero-order valence-corrected chi connectivity index (χ0v) is 12.0. The number of aromatic hydroxyl groups is 1. The molecule has 5 heteroatoms. The quantitative estimate of drug-likeness (QED) is 0.649. The fraction of sp³-hybridized carbons (Fsp3) is 0.417. The van der Waals surface area contributed by atoms with Crippen molar-refractivity contribution in [3.8, 4) is 5.75 Å². The molecule has 0 saturated carbocycles. The Hall–Kier alpha value is -0.440. The molecule has 1 N–H and O–H groups in total. The molecule has 0 aromatic heterocycles. The van der Waals surface area contributed by atoms with E-state index in [9.17, 15) is 9.90 Å². The lowest BCUT2D eigenvalue weighted by Gasteiger charge is -2.15. The Morgan fingerprint density at radius 3 is 2.24 bits per heavy atom. The summed E-state index contributed by atoms with van der Waals surface area (Å²) in [5, 5.41) is 9.76. The monoisotopic (exact) mass is 294 g/mol. The first kappa shape index (κ1) is 14.6. The number of rotatable bonds is 2. The van der Waals surface area contributed by atoms with Crippen molar-refractivity contribution in [3.63, 3.8) is 0 Å². The molecule has 2 nitrogen and oxygen atoms in total. The highest BCUT2D eigenvalue weighted by Crippen LogP contribution is 2.35. The van der Waals surface area contributed by atoms with Gasteiger partial charge in [-0.3, -0.25) is 4.79 Å². The third kappa shape index (κ3) is 3.27. The molecule has 0 heterocycles. The highest BCUT2D eigenvalue weighted by atomic mass is 35.6. The molecule has 0 aliphatic carbocycles. The average Bonchev–Trinajstić information content (AvgIpc) is 2.14. The van der Waals surface area contributed by atoms with Gasteiger partial charge in [-0.15, -0.1) is 0 Å². The fourth-order valence-corrected chi connectivity index (χ4v) is 1.87. The molecule has 0 fully saturated rings. The molecule has 0 spiro atoms. The van der Waals surface area contributed by atoms with E-state index in [0.717, 1.165) is 0 Å². The van der Waals surface area contributed by atoms with Crippen molar-refractivity contribution in [2.45, 2.75) is 30.5 Å². The van der Waals surface area contributed by atoms with Gasteiger partial charge in [0.25, 0.3) is 3.79 Å². The molecule has 1 rings (SSSR count). The number of halogens is 3. The Morgan fingerprint density at radius 2 is 1.82 bits per heavy atom. The van der Waals surface area contributed by atoms with Gasteiger partial charge in [-0.1, -0.05) is 48.7 Å². The van der Waals surface area contributed by atoms with Gasteiger partial charge in [0.2, 0.25) is 5.78 Å². The molecule has 0 bridgehead atoms. The summed E-state index contributed by atoms with van der Waals surface area (Å²) < 4.78 is -1.98. The summed E-state index contributed by atoms with van der Waals surface area (Å²) >= 11 is 16.7. The van der Waals surface area contributed by atoms with Crippen LogP contribution in [0.4, 0.5) is 0 Å². The Morgan fingerprint density at radius 1 is 1.29 bits per heavy atom. The van der Waals surface area contributed by atoms with Gasteiger partial charge < -0.3 is 5.11 Å². The van der Waals surface area contributed by atoms with Crippen molar-refractivity contribution in [1.29, 1.82) is 0 Å². The van der Waals surface area contributed by atoms with Gasteiger partial charge in [0.05, 0.1) is 0 Å². The van der Waals surface area contributed by atoms with Gasteiger partial charge in [-0.2, -0.15) is 0 Å². The molecule has 0 radical (unpaired) electrons. The van der Waals surface area contributed by atoms with Gasteiger partial charge in [-0.25, -0.2) is 0 Å². The number of hydrogen-bond donors (Lipinski definition) is 1. The zero-order valence-electron chi connectivity index (χ0n) is 9.72. The van der Waals surface area contributed by atoms with Crippen molar-refractivity contribution in [1.82, 2.24) is 0 Å². The van der Waals surface area contributed by atoms with Crippen LogP contribution in [0.25, 0.3) is 0 Å². The van der Waals surface area contributed by atoms with Crippen molar-refractivity contribution in [2.24, 2.45) is 0 Å². The van der Waals surface area contributed by atoms with Crippen LogP contribution >= 0.6 is 34.8 Å². The van der Waals surface area contributed by atoms with E-state index < -0.39 is 9.58 Å². The molecular weight excluding hydrogens is 282 g/mol. The molecule has 0 aliphatic heterocycles. The number of phenolic OH excluding ortho intramolecular Hbond substituents is 1. The number of Topliss-reactive ketones (excluding diaryl/α,β-unsaturated/α-hetero) is 1. The molecule has 0 atom stereocenters. The smallest absolute Gasteiger partial charge is 0.253 e. The van der Waals surface area contributed by atoms with Crippen LogP contribution in [-0.2, 0) is 0 Å². The minimum atomic E-state index is -1.98. The van der Waals surface area contributed by atoms with E-state index in [1.807, 2.05) is 13.8 Å². The van der Waals surface area contributed by atoms with E-state index in [4.69, 9.17) is 34.8 Å². The molecule has 17 heavy (non-hydrogen) atoms. The molecule has 0 aliphatic rings. The molecule has 1 aromatic rings. The first-order valence-corrected chi connectivity index (χ1v) is 6.23. The maximum atomic E-state index is 11.9. The summed E-state index contributed by atoms with van der Waals surface area (Å²) in [6.45, 7) is 5.51. The molecule has 0 unspecified atom stereocenters. The Bertz CT molecular complexity index is 448. The maximum Gasteiger partial charge on any atom is 0.253 e. The lowest BCUT2D eigenvalue weighted by atomic mass is 9.95. The predicted octanol–water partition coefficient (Wildman–Crippen LogP) is 4.38. The van der Waals surface area contributed by atoms with Gasteiger partial charge in [0.15, 0.2) is 0 Å². The van der Waals surface area contributed by atoms with Crippen LogP contribution in [-0.4, -0.2) is 14.7 Å². The second-order valence-electron chi connectivity index (χ2n) is 4.21. The minimum Gasteiger partial charge on any atom is -0.508 e. The van der Waals surface area contributed by atoms with E-state index in [0.29, 0.717) is 16.7 Å². The molecule has 94 valence electrons. The number of alkyl halides is 3. The van der Waals surface area contributed by atoms with E-state index in [-0.39, 0.29) is 11.7 Å². The minimum absolute atomic E-state index is 0.0810. The lowest BCUT2D eigenvalue weighted by molar-refractivity contribution is 0.0995. The number of aryl methyl sites for hydroxylation is 1. The Balaban J connectivity index is 3.35. The van der Waals surface area contributed by atoms with E-state index in [1.54, 1.807) is 13.0 Å². The van der Waals surface area contributed by atoms with Crippen LogP contribution in [0.3, 0.4) is 0 Å². The van der Waals surface area contributed by atoms with Crippen molar-refractivity contribution in [3.05, 3.63) is 28.8 Å². The zero-order chi connectivity index (χ0) is 13.4. The Kier molecular flexibility index (Phi) is 4.34. The van der Waals surface area contributed by atoms with E-state index in [1.165, 1.54) is 6.07 Å². The molecule has 0 amide bonds. The number of hydrogen-bond acceptors (Lipinski definition) is 2. The topological polar surface area (TPSA) is 37.3 Å². The summed E-state index contributed by atoms with van der Waals surface area (Å²) in [5.74, 6) is -0.349. The first-order valence-electron chi connectivity index (χ1n) is 5.09. The number of ketones is 1. The van der Waals surface area contributed by atoms with Crippen molar-refractivity contribution < 1.29 is 9.90 Å². The second kappa shape index (κ2) is 5.05. The van der Waals surface area contributed by atoms with Crippen LogP contribution < -0.4 is 0 Å². The summed E-state index contributed by atoms with van der Waals surface area (Å²) in [4.78, 5) is 11.9.